The van der Waals surface area contributed by atoms with Crippen LogP contribution in [-0.4, -0.2) is 24.5 Å². The summed E-state index contributed by atoms with van der Waals surface area (Å²) in [4.78, 5) is 2.20. The van der Waals surface area contributed by atoms with E-state index in [0.717, 1.165) is 31.5 Å². The summed E-state index contributed by atoms with van der Waals surface area (Å²) in [6.07, 6.45) is -0.897. The second-order valence-electron chi connectivity index (χ2n) is 4.84. The molecule has 4 heteroatoms. The van der Waals surface area contributed by atoms with Crippen LogP contribution in [0.25, 0.3) is 0 Å². The van der Waals surface area contributed by atoms with Crippen molar-refractivity contribution in [3.05, 3.63) is 35.4 Å². The highest BCUT2D eigenvalue weighted by atomic mass is 19.4. The van der Waals surface area contributed by atoms with Gasteiger partial charge in [-0.15, -0.1) is 0 Å². The summed E-state index contributed by atoms with van der Waals surface area (Å²) in [7, 11) is 2.03. The van der Waals surface area contributed by atoms with E-state index in [9.17, 15) is 13.2 Å². The molecule has 0 aliphatic carbocycles. The van der Waals surface area contributed by atoms with Crippen molar-refractivity contribution in [1.29, 1.82) is 0 Å². The molecular formula is C15H16F3N. The predicted molar refractivity (Wildman–Crippen MR) is 68.6 cm³/mol. The summed E-state index contributed by atoms with van der Waals surface area (Å²) < 4.78 is 37.2. The highest BCUT2D eigenvalue weighted by molar-refractivity contribution is 5.37. The monoisotopic (exact) mass is 267 g/mol. The third-order valence-corrected chi connectivity index (χ3v) is 3.37. The Bertz CT molecular complexity index is 479. The van der Waals surface area contributed by atoms with E-state index >= 15 is 0 Å². The van der Waals surface area contributed by atoms with Crippen LogP contribution in [-0.2, 0) is 6.18 Å². The smallest absolute Gasteiger partial charge is 0.293 e. The minimum atomic E-state index is -4.28. The summed E-state index contributed by atoms with van der Waals surface area (Å²) in [6, 6.07) is 5.23. The molecule has 2 rings (SSSR count). The molecule has 0 unspecified atom stereocenters. The maximum absolute atomic E-state index is 12.4. The first kappa shape index (κ1) is 14.0. The Balaban J connectivity index is 2.08. The minimum absolute atomic E-state index is 0.219. The number of piperidine rings is 1. The van der Waals surface area contributed by atoms with E-state index in [-0.39, 0.29) is 6.04 Å². The van der Waals surface area contributed by atoms with Gasteiger partial charge < -0.3 is 0 Å². The van der Waals surface area contributed by atoms with Gasteiger partial charge in [0, 0.05) is 5.56 Å². The van der Waals surface area contributed by atoms with E-state index < -0.39 is 11.7 Å². The average Bonchev–Trinajstić information content (AvgIpc) is 2.37. The van der Waals surface area contributed by atoms with Gasteiger partial charge in [0.15, 0.2) is 0 Å². The van der Waals surface area contributed by atoms with Gasteiger partial charge in [0.2, 0.25) is 0 Å². The van der Waals surface area contributed by atoms with E-state index in [1.54, 1.807) is 0 Å². The van der Waals surface area contributed by atoms with Crippen LogP contribution in [0.1, 0.15) is 30.4 Å². The van der Waals surface area contributed by atoms with Crippen molar-refractivity contribution in [2.45, 2.75) is 31.5 Å². The largest absolute Gasteiger partial charge is 0.416 e. The Kier molecular flexibility index (Phi) is 4.16. The van der Waals surface area contributed by atoms with Crippen LogP contribution in [0.5, 0.6) is 0 Å². The summed E-state index contributed by atoms with van der Waals surface area (Å²) in [5, 5.41) is 0. The van der Waals surface area contributed by atoms with Crippen molar-refractivity contribution < 1.29 is 13.2 Å². The highest BCUT2D eigenvalue weighted by Crippen LogP contribution is 2.28. The lowest BCUT2D eigenvalue weighted by Gasteiger charge is -2.28. The highest BCUT2D eigenvalue weighted by Gasteiger charge is 2.29. The molecule has 0 N–H and O–H groups in total. The van der Waals surface area contributed by atoms with Crippen LogP contribution in [0, 0.1) is 11.8 Å². The molecule has 1 heterocycles. The molecule has 0 amide bonds. The zero-order valence-corrected chi connectivity index (χ0v) is 10.8. The van der Waals surface area contributed by atoms with Crippen LogP contribution in [0.4, 0.5) is 13.2 Å². The van der Waals surface area contributed by atoms with Crippen molar-refractivity contribution in [3.8, 4) is 11.8 Å². The Hall–Kier alpha value is -1.47. The molecule has 0 spiro atoms. The standard InChI is InChI=1S/C15H16F3N/c1-19-11-3-2-4-14(19)10-7-12-5-8-13(9-6-12)15(16,17)18/h5-6,8-9,14H,2-4,11H2,1H3/t14-/m1/s1. The second kappa shape index (κ2) is 5.66. The number of halogens is 3. The van der Waals surface area contributed by atoms with Gasteiger partial charge in [0.05, 0.1) is 11.6 Å². The molecule has 0 radical (unpaired) electrons. The topological polar surface area (TPSA) is 3.24 Å². The maximum Gasteiger partial charge on any atom is 0.416 e. The number of likely N-dealkylation sites (tertiary alicyclic amines) is 1. The fourth-order valence-electron chi connectivity index (χ4n) is 2.17. The number of nitrogens with zero attached hydrogens (tertiary/aromatic N) is 1. The van der Waals surface area contributed by atoms with Crippen LogP contribution < -0.4 is 0 Å². The maximum atomic E-state index is 12.4. The molecule has 1 aromatic carbocycles. The van der Waals surface area contributed by atoms with Crippen molar-refractivity contribution in [1.82, 2.24) is 4.90 Å². The molecule has 1 aromatic rings. The van der Waals surface area contributed by atoms with Gasteiger partial charge in [-0.25, -0.2) is 0 Å². The molecule has 19 heavy (non-hydrogen) atoms. The molecule has 1 aliphatic rings. The van der Waals surface area contributed by atoms with Crippen molar-refractivity contribution in [3.63, 3.8) is 0 Å². The van der Waals surface area contributed by atoms with Gasteiger partial charge in [0.1, 0.15) is 0 Å². The van der Waals surface area contributed by atoms with Gasteiger partial charge in [-0.1, -0.05) is 11.8 Å². The predicted octanol–water partition coefficient (Wildman–Crippen LogP) is 3.54. The van der Waals surface area contributed by atoms with Gasteiger partial charge in [-0.05, 0) is 57.1 Å². The summed E-state index contributed by atoms with van der Waals surface area (Å²) in [5.41, 5.74) is -0.000178. The van der Waals surface area contributed by atoms with E-state index in [4.69, 9.17) is 0 Å². The summed E-state index contributed by atoms with van der Waals surface area (Å²) >= 11 is 0. The fraction of sp³-hybridized carbons (Fsp3) is 0.467. The molecule has 0 aromatic heterocycles. The van der Waals surface area contributed by atoms with Gasteiger partial charge >= 0.3 is 6.18 Å². The number of benzene rings is 1. The number of rotatable bonds is 0. The van der Waals surface area contributed by atoms with E-state index in [0.29, 0.717) is 5.56 Å². The van der Waals surface area contributed by atoms with Gasteiger partial charge in [-0.3, -0.25) is 4.90 Å². The average molecular weight is 267 g/mol. The Morgan fingerprint density at radius 1 is 1.16 bits per heavy atom. The van der Waals surface area contributed by atoms with Crippen molar-refractivity contribution in [2.24, 2.45) is 0 Å². The van der Waals surface area contributed by atoms with E-state index in [2.05, 4.69) is 16.7 Å². The molecule has 102 valence electrons. The molecule has 1 fully saturated rings. The molecule has 1 saturated heterocycles. The molecular weight excluding hydrogens is 251 g/mol. The first-order valence-electron chi connectivity index (χ1n) is 6.36. The molecule has 0 saturated carbocycles. The summed E-state index contributed by atoms with van der Waals surface area (Å²) in [6.45, 7) is 1.03. The zero-order valence-electron chi connectivity index (χ0n) is 10.8. The third kappa shape index (κ3) is 3.74. The third-order valence-electron chi connectivity index (χ3n) is 3.37. The Morgan fingerprint density at radius 2 is 1.84 bits per heavy atom. The normalized spacial score (nSPS) is 20.7. The van der Waals surface area contributed by atoms with Crippen LogP contribution in [0.2, 0.25) is 0 Å². The zero-order chi connectivity index (χ0) is 13.9. The van der Waals surface area contributed by atoms with Crippen molar-refractivity contribution in [2.75, 3.05) is 13.6 Å². The van der Waals surface area contributed by atoms with Crippen LogP contribution in [0.15, 0.2) is 24.3 Å². The Morgan fingerprint density at radius 3 is 2.42 bits per heavy atom. The second-order valence-corrected chi connectivity index (χ2v) is 4.84. The molecule has 0 bridgehead atoms. The number of hydrogen-bond donors (Lipinski definition) is 0. The Labute approximate surface area is 111 Å². The fourth-order valence-corrected chi connectivity index (χ4v) is 2.17. The molecule has 1 atom stereocenters. The SMILES string of the molecule is CN1CCCC[C@@H]1C#Cc1ccc(C(F)(F)F)cc1. The van der Waals surface area contributed by atoms with E-state index in [1.807, 2.05) is 7.05 Å². The number of alkyl halides is 3. The lowest BCUT2D eigenvalue weighted by molar-refractivity contribution is -0.137. The molecule has 1 aliphatic heterocycles. The van der Waals surface area contributed by atoms with Crippen molar-refractivity contribution >= 4 is 0 Å². The van der Waals surface area contributed by atoms with Gasteiger partial charge in [0.25, 0.3) is 0 Å². The summed E-state index contributed by atoms with van der Waals surface area (Å²) in [5.74, 6) is 6.10. The van der Waals surface area contributed by atoms with Crippen LogP contribution in [0.3, 0.4) is 0 Å². The number of hydrogen-bond acceptors (Lipinski definition) is 1. The first-order valence-corrected chi connectivity index (χ1v) is 6.36. The minimum Gasteiger partial charge on any atom is -0.293 e. The quantitative estimate of drug-likeness (QED) is 0.650. The van der Waals surface area contributed by atoms with Crippen LogP contribution >= 0.6 is 0 Å². The lowest BCUT2D eigenvalue weighted by Crippen LogP contribution is -2.34. The van der Waals surface area contributed by atoms with E-state index in [1.165, 1.54) is 18.6 Å². The van der Waals surface area contributed by atoms with Gasteiger partial charge in [-0.2, -0.15) is 13.2 Å². The molecule has 1 nitrogen and oxygen atoms in total. The first-order chi connectivity index (χ1) is 8.97. The lowest BCUT2D eigenvalue weighted by atomic mass is 10.0.